The van der Waals surface area contributed by atoms with Gasteiger partial charge in [0.25, 0.3) is 0 Å². The molecule has 1 rings (SSSR count). The van der Waals surface area contributed by atoms with Crippen LogP contribution >= 0.6 is 8.69 Å². The predicted octanol–water partition coefficient (Wildman–Crippen LogP) is 1.51. The average Bonchev–Trinajstić information content (AvgIpc) is 2.31. The van der Waals surface area contributed by atoms with E-state index in [0.717, 1.165) is 12.8 Å². The van der Waals surface area contributed by atoms with Crippen molar-refractivity contribution in [1.29, 1.82) is 0 Å². The zero-order valence-corrected chi connectivity index (χ0v) is 7.00. The van der Waals surface area contributed by atoms with Gasteiger partial charge in [-0.25, -0.2) is 0 Å². The van der Waals surface area contributed by atoms with Gasteiger partial charge in [-0.1, -0.05) is 0 Å². The van der Waals surface area contributed by atoms with Crippen LogP contribution in [0.15, 0.2) is 0 Å². The highest BCUT2D eigenvalue weighted by molar-refractivity contribution is 7.17. The van der Waals surface area contributed by atoms with E-state index < -0.39 is 8.69 Å². The van der Waals surface area contributed by atoms with Crippen molar-refractivity contribution in [2.24, 2.45) is 0 Å². The van der Waals surface area contributed by atoms with Crippen molar-refractivity contribution in [1.82, 2.24) is 0 Å². The molecule has 1 fully saturated rings. The number of ether oxygens (including phenoxy) is 1. The summed E-state index contributed by atoms with van der Waals surface area (Å²) in [4.78, 5) is 0. The fourth-order valence-electron chi connectivity index (χ4n) is 1.13. The van der Waals surface area contributed by atoms with E-state index in [-0.39, 0.29) is 6.10 Å². The molecule has 1 unspecified atom stereocenters. The SMILES string of the molecule is C[C@@H]1CC[C@H](CO[PH+]=O)O1. The highest BCUT2D eigenvalue weighted by Crippen LogP contribution is 2.19. The largest absolute Gasteiger partial charge is 0.494 e. The van der Waals surface area contributed by atoms with E-state index in [4.69, 9.17) is 9.26 Å². The lowest BCUT2D eigenvalue weighted by Crippen LogP contribution is -2.12. The molecule has 3 nitrogen and oxygen atoms in total. The molecule has 10 heavy (non-hydrogen) atoms. The van der Waals surface area contributed by atoms with Gasteiger partial charge in [-0.05, 0) is 24.3 Å². The minimum Gasteiger partial charge on any atom is -0.373 e. The van der Waals surface area contributed by atoms with Crippen LogP contribution in [-0.4, -0.2) is 18.8 Å². The van der Waals surface area contributed by atoms with E-state index in [1.165, 1.54) is 0 Å². The van der Waals surface area contributed by atoms with Gasteiger partial charge in [0.2, 0.25) is 0 Å². The van der Waals surface area contributed by atoms with Crippen molar-refractivity contribution in [3.63, 3.8) is 0 Å². The highest BCUT2D eigenvalue weighted by atomic mass is 31.1. The van der Waals surface area contributed by atoms with Crippen molar-refractivity contribution < 1.29 is 13.8 Å². The average molecular weight is 163 g/mol. The Bertz CT molecular complexity index is 118. The summed E-state index contributed by atoms with van der Waals surface area (Å²) in [5, 5.41) is 0. The Hall–Kier alpha value is 0.0200. The first-order chi connectivity index (χ1) is 4.83. The predicted molar refractivity (Wildman–Crippen MR) is 38.5 cm³/mol. The summed E-state index contributed by atoms with van der Waals surface area (Å²) in [6.45, 7) is 2.52. The first kappa shape index (κ1) is 8.12. The lowest BCUT2D eigenvalue weighted by Gasteiger charge is -2.05. The molecule has 0 saturated carbocycles. The third kappa shape index (κ3) is 2.33. The Morgan fingerprint density at radius 2 is 2.50 bits per heavy atom. The summed E-state index contributed by atoms with van der Waals surface area (Å²) in [6, 6.07) is 0. The molecule has 0 aliphatic carbocycles. The smallest absolute Gasteiger partial charge is 0.373 e. The fourth-order valence-corrected chi connectivity index (χ4v) is 1.39. The molecule has 0 radical (unpaired) electrons. The second-order valence-corrected chi connectivity index (χ2v) is 3.00. The van der Waals surface area contributed by atoms with Gasteiger partial charge in [0.15, 0.2) is 0 Å². The molecule has 1 aliphatic rings. The quantitative estimate of drug-likeness (QED) is 0.591. The molecular formula is C6H12O3P+. The van der Waals surface area contributed by atoms with Crippen LogP contribution in [0.4, 0.5) is 0 Å². The molecular weight excluding hydrogens is 151 g/mol. The summed E-state index contributed by atoms with van der Waals surface area (Å²) in [5.74, 6) is 0. The summed E-state index contributed by atoms with van der Waals surface area (Å²) >= 11 is 0. The maximum Gasteiger partial charge on any atom is 0.494 e. The maximum atomic E-state index is 9.92. The molecule has 0 aromatic carbocycles. The summed E-state index contributed by atoms with van der Waals surface area (Å²) in [6.07, 6.45) is 2.65. The molecule has 0 amide bonds. The molecule has 1 saturated heterocycles. The molecule has 1 heterocycles. The van der Waals surface area contributed by atoms with E-state index in [9.17, 15) is 4.57 Å². The van der Waals surface area contributed by atoms with Gasteiger partial charge in [0.05, 0.1) is 12.2 Å². The first-order valence-electron chi connectivity index (χ1n) is 3.47. The van der Waals surface area contributed by atoms with E-state index in [1.54, 1.807) is 0 Å². The van der Waals surface area contributed by atoms with Gasteiger partial charge >= 0.3 is 8.69 Å². The Balaban J connectivity index is 2.12. The van der Waals surface area contributed by atoms with Gasteiger partial charge in [-0.15, -0.1) is 4.52 Å². The lowest BCUT2D eigenvalue weighted by molar-refractivity contribution is 0.0293. The summed E-state index contributed by atoms with van der Waals surface area (Å²) < 4.78 is 20.0. The molecule has 0 bridgehead atoms. The van der Waals surface area contributed by atoms with Gasteiger partial charge in [-0.2, -0.15) is 0 Å². The van der Waals surface area contributed by atoms with Crippen LogP contribution in [0.5, 0.6) is 0 Å². The summed E-state index contributed by atoms with van der Waals surface area (Å²) in [5.41, 5.74) is 0. The van der Waals surface area contributed by atoms with Crippen LogP contribution in [-0.2, 0) is 13.8 Å². The van der Waals surface area contributed by atoms with Crippen LogP contribution in [0.25, 0.3) is 0 Å². The van der Waals surface area contributed by atoms with Gasteiger partial charge in [-0.3, -0.25) is 0 Å². The van der Waals surface area contributed by atoms with E-state index >= 15 is 0 Å². The fraction of sp³-hybridized carbons (Fsp3) is 1.00. The van der Waals surface area contributed by atoms with Crippen molar-refractivity contribution in [2.75, 3.05) is 6.61 Å². The Morgan fingerprint density at radius 3 is 3.00 bits per heavy atom. The monoisotopic (exact) mass is 163 g/mol. The minimum absolute atomic E-state index is 0.177. The Morgan fingerprint density at radius 1 is 1.70 bits per heavy atom. The van der Waals surface area contributed by atoms with E-state index in [0.29, 0.717) is 12.7 Å². The van der Waals surface area contributed by atoms with Gasteiger partial charge < -0.3 is 4.74 Å². The third-order valence-corrected chi connectivity index (χ3v) is 1.93. The number of rotatable bonds is 3. The molecule has 3 atom stereocenters. The lowest BCUT2D eigenvalue weighted by atomic mass is 10.2. The Labute approximate surface area is 62.0 Å². The zero-order chi connectivity index (χ0) is 7.40. The standard InChI is InChI=1S/C6H12O3P/c1-5-2-3-6(9-5)4-8-10-7/h5-6,10H,2-4H2,1H3/q+1/t5-,6-/m1/s1. The third-order valence-electron chi connectivity index (χ3n) is 1.65. The van der Waals surface area contributed by atoms with Crippen molar-refractivity contribution in [3.8, 4) is 0 Å². The molecule has 1 aliphatic heterocycles. The maximum absolute atomic E-state index is 9.92. The topological polar surface area (TPSA) is 35.5 Å². The van der Waals surface area contributed by atoms with Gasteiger partial charge in [0.1, 0.15) is 6.61 Å². The molecule has 58 valence electrons. The van der Waals surface area contributed by atoms with Crippen molar-refractivity contribution in [2.45, 2.75) is 32.0 Å². The van der Waals surface area contributed by atoms with Gasteiger partial charge in [0, 0.05) is 0 Å². The first-order valence-corrected chi connectivity index (χ1v) is 4.29. The van der Waals surface area contributed by atoms with Crippen LogP contribution in [0.1, 0.15) is 19.8 Å². The molecule has 0 aromatic heterocycles. The van der Waals surface area contributed by atoms with Crippen LogP contribution in [0.2, 0.25) is 0 Å². The van der Waals surface area contributed by atoms with E-state index in [1.807, 2.05) is 6.92 Å². The molecule has 0 aromatic rings. The number of hydrogen-bond donors (Lipinski definition) is 0. The van der Waals surface area contributed by atoms with Crippen molar-refractivity contribution >= 4 is 8.69 Å². The van der Waals surface area contributed by atoms with Crippen LogP contribution in [0, 0.1) is 0 Å². The normalized spacial score (nSPS) is 33.3. The van der Waals surface area contributed by atoms with E-state index in [2.05, 4.69) is 0 Å². The van der Waals surface area contributed by atoms with Crippen molar-refractivity contribution in [3.05, 3.63) is 0 Å². The zero-order valence-electron chi connectivity index (χ0n) is 6.00. The second kappa shape index (κ2) is 4.02. The molecule has 4 heteroatoms. The molecule has 0 N–H and O–H groups in total. The van der Waals surface area contributed by atoms with Crippen LogP contribution < -0.4 is 0 Å². The number of hydrogen-bond acceptors (Lipinski definition) is 3. The highest BCUT2D eigenvalue weighted by Gasteiger charge is 2.22. The summed E-state index contributed by atoms with van der Waals surface area (Å²) in [7, 11) is -0.653. The Kier molecular flexibility index (Phi) is 3.26. The minimum atomic E-state index is -0.653. The second-order valence-electron chi connectivity index (χ2n) is 2.54. The molecule has 0 spiro atoms. The van der Waals surface area contributed by atoms with Crippen LogP contribution in [0.3, 0.4) is 0 Å².